The Morgan fingerprint density at radius 2 is 2.18 bits per heavy atom. The minimum Gasteiger partial charge on any atom is -0.493 e. The van der Waals surface area contributed by atoms with Crippen LogP contribution in [0.2, 0.25) is 0 Å². The third-order valence-corrected chi connectivity index (χ3v) is 3.58. The van der Waals surface area contributed by atoms with Gasteiger partial charge in [0.15, 0.2) is 0 Å². The van der Waals surface area contributed by atoms with Crippen LogP contribution in [0, 0.1) is 6.92 Å². The second-order valence-corrected chi connectivity index (χ2v) is 5.14. The summed E-state index contributed by atoms with van der Waals surface area (Å²) in [7, 11) is 0. The average molecular weight is 234 g/mol. The number of aryl methyl sites for hydroxylation is 1. The summed E-state index contributed by atoms with van der Waals surface area (Å²) in [4.78, 5) is 0. The smallest absolute Gasteiger partial charge is 0.126 e. The van der Waals surface area contributed by atoms with Crippen molar-refractivity contribution in [3.63, 3.8) is 0 Å². The first-order valence-corrected chi connectivity index (χ1v) is 6.56. The molecule has 94 valence electrons. The zero-order valence-corrected chi connectivity index (χ0v) is 11.0. The minimum atomic E-state index is -0.206. The largest absolute Gasteiger partial charge is 0.493 e. The highest BCUT2D eigenvalue weighted by Gasteiger charge is 2.21. The van der Waals surface area contributed by atoms with E-state index in [1.54, 1.807) is 0 Å². The van der Waals surface area contributed by atoms with Gasteiger partial charge in [0, 0.05) is 6.42 Å². The van der Waals surface area contributed by atoms with Crippen LogP contribution in [-0.4, -0.2) is 17.8 Å². The standard InChI is InChI=1S/C15H22O2/c1-4-13(16)9-11(3)14-8-10(2)7-12-5-6-17-15(12)14/h7-8,11,13,16H,4-6,9H2,1-3H3. The van der Waals surface area contributed by atoms with Crippen molar-refractivity contribution < 1.29 is 9.84 Å². The summed E-state index contributed by atoms with van der Waals surface area (Å²) < 4.78 is 5.74. The molecule has 1 N–H and O–H groups in total. The Hall–Kier alpha value is -1.02. The van der Waals surface area contributed by atoms with Crippen LogP contribution in [0.5, 0.6) is 5.75 Å². The number of rotatable bonds is 4. The maximum Gasteiger partial charge on any atom is 0.126 e. The summed E-state index contributed by atoms with van der Waals surface area (Å²) in [5, 5.41) is 9.77. The molecular formula is C15H22O2. The number of fused-ring (bicyclic) bond motifs is 1. The SMILES string of the molecule is CCC(O)CC(C)c1cc(C)cc2c1OCC2. The van der Waals surface area contributed by atoms with E-state index in [0.717, 1.165) is 31.6 Å². The molecule has 1 aliphatic rings. The van der Waals surface area contributed by atoms with Gasteiger partial charge >= 0.3 is 0 Å². The van der Waals surface area contributed by atoms with Crippen LogP contribution in [0.3, 0.4) is 0 Å². The molecule has 2 unspecified atom stereocenters. The van der Waals surface area contributed by atoms with E-state index >= 15 is 0 Å². The maximum absolute atomic E-state index is 9.77. The number of ether oxygens (including phenoxy) is 1. The van der Waals surface area contributed by atoms with E-state index < -0.39 is 0 Å². The van der Waals surface area contributed by atoms with Gasteiger partial charge in [-0.2, -0.15) is 0 Å². The van der Waals surface area contributed by atoms with Gasteiger partial charge in [-0.25, -0.2) is 0 Å². The molecule has 0 bridgehead atoms. The van der Waals surface area contributed by atoms with Crippen molar-refractivity contribution in [1.82, 2.24) is 0 Å². The average Bonchev–Trinajstić information content (AvgIpc) is 2.75. The van der Waals surface area contributed by atoms with E-state index in [-0.39, 0.29) is 6.10 Å². The number of hydrogen-bond acceptors (Lipinski definition) is 2. The zero-order valence-electron chi connectivity index (χ0n) is 11.0. The predicted octanol–water partition coefficient (Wildman–Crippen LogP) is 3.19. The molecule has 0 aromatic heterocycles. The number of benzene rings is 1. The fourth-order valence-corrected chi connectivity index (χ4v) is 2.57. The van der Waals surface area contributed by atoms with Gasteiger partial charge in [0.25, 0.3) is 0 Å². The van der Waals surface area contributed by atoms with Gasteiger partial charge in [-0.1, -0.05) is 31.5 Å². The molecule has 1 aromatic carbocycles. The molecule has 17 heavy (non-hydrogen) atoms. The third kappa shape index (κ3) is 2.63. The summed E-state index contributed by atoms with van der Waals surface area (Å²) >= 11 is 0. The Labute approximate surface area is 104 Å². The number of hydrogen-bond donors (Lipinski definition) is 1. The van der Waals surface area contributed by atoms with E-state index in [2.05, 4.69) is 26.0 Å². The topological polar surface area (TPSA) is 29.5 Å². The lowest BCUT2D eigenvalue weighted by molar-refractivity contribution is 0.152. The van der Waals surface area contributed by atoms with Gasteiger partial charge in [-0.15, -0.1) is 0 Å². The van der Waals surface area contributed by atoms with Gasteiger partial charge in [-0.05, 0) is 36.8 Å². The van der Waals surface area contributed by atoms with Gasteiger partial charge in [-0.3, -0.25) is 0 Å². The quantitative estimate of drug-likeness (QED) is 0.867. The van der Waals surface area contributed by atoms with Gasteiger partial charge in [0.1, 0.15) is 5.75 Å². The van der Waals surface area contributed by atoms with Crippen molar-refractivity contribution in [3.8, 4) is 5.75 Å². The van der Waals surface area contributed by atoms with Crippen LogP contribution < -0.4 is 4.74 Å². The lowest BCUT2D eigenvalue weighted by Gasteiger charge is -2.19. The molecule has 0 aliphatic carbocycles. The zero-order chi connectivity index (χ0) is 12.4. The van der Waals surface area contributed by atoms with Gasteiger partial charge in [0.05, 0.1) is 12.7 Å². The van der Waals surface area contributed by atoms with Crippen molar-refractivity contribution in [2.45, 2.75) is 52.1 Å². The van der Waals surface area contributed by atoms with E-state index in [4.69, 9.17) is 4.74 Å². The van der Waals surface area contributed by atoms with E-state index in [1.165, 1.54) is 16.7 Å². The van der Waals surface area contributed by atoms with Gasteiger partial charge < -0.3 is 9.84 Å². The molecule has 1 heterocycles. The Balaban J connectivity index is 2.25. The molecular weight excluding hydrogens is 212 g/mol. The molecule has 1 aliphatic heterocycles. The highest BCUT2D eigenvalue weighted by Crippen LogP contribution is 2.37. The molecule has 0 saturated heterocycles. The molecule has 2 nitrogen and oxygen atoms in total. The second kappa shape index (κ2) is 5.09. The molecule has 0 radical (unpaired) electrons. The first kappa shape index (κ1) is 12.4. The van der Waals surface area contributed by atoms with Crippen LogP contribution >= 0.6 is 0 Å². The van der Waals surface area contributed by atoms with E-state index in [9.17, 15) is 5.11 Å². The molecule has 1 aromatic rings. The maximum atomic E-state index is 9.77. The van der Waals surface area contributed by atoms with Crippen LogP contribution in [0.1, 0.15) is 49.3 Å². The van der Waals surface area contributed by atoms with Crippen molar-refractivity contribution >= 4 is 0 Å². The fraction of sp³-hybridized carbons (Fsp3) is 0.600. The molecule has 0 amide bonds. The molecule has 0 saturated carbocycles. The van der Waals surface area contributed by atoms with Gasteiger partial charge in [0.2, 0.25) is 0 Å². The van der Waals surface area contributed by atoms with Crippen molar-refractivity contribution in [2.75, 3.05) is 6.61 Å². The molecule has 2 atom stereocenters. The Bertz CT molecular complexity index is 398. The number of aliphatic hydroxyl groups excluding tert-OH is 1. The van der Waals surface area contributed by atoms with Crippen molar-refractivity contribution in [2.24, 2.45) is 0 Å². The van der Waals surface area contributed by atoms with Crippen LogP contribution in [0.25, 0.3) is 0 Å². The van der Waals surface area contributed by atoms with Crippen LogP contribution in [0.15, 0.2) is 12.1 Å². The Morgan fingerprint density at radius 1 is 1.41 bits per heavy atom. The van der Waals surface area contributed by atoms with Crippen molar-refractivity contribution in [1.29, 1.82) is 0 Å². The lowest BCUT2D eigenvalue weighted by Crippen LogP contribution is -2.10. The van der Waals surface area contributed by atoms with Crippen LogP contribution in [0.4, 0.5) is 0 Å². The second-order valence-electron chi connectivity index (χ2n) is 5.14. The highest BCUT2D eigenvalue weighted by molar-refractivity contribution is 5.48. The highest BCUT2D eigenvalue weighted by atomic mass is 16.5. The Kier molecular flexibility index (Phi) is 3.72. The Morgan fingerprint density at radius 3 is 2.88 bits per heavy atom. The normalized spacial score (nSPS) is 17.4. The summed E-state index contributed by atoms with van der Waals surface area (Å²) in [6.45, 7) is 7.13. The monoisotopic (exact) mass is 234 g/mol. The minimum absolute atomic E-state index is 0.206. The first-order valence-electron chi connectivity index (χ1n) is 6.56. The molecule has 2 heteroatoms. The summed E-state index contributed by atoms with van der Waals surface area (Å²) in [6.07, 6.45) is 2.45. The van der Waals surface area contributed by atoms with Crippen molar-refractivity contribution in [3.05, 3.63) is 28.8 Å². The summed E-state index contributed by atoms with van der Waals surface area (Å²) in [5.74, 6) is 1.43. The first-order chi connectivity index (χ1) is 8.11. The summed E-state index contributed by atoms with van der Waals surface area (Å²) in [6, 6.07) is 4.42. The van der Waals surface area contributed by atoms with Crippen LogP contribution in [-0.2, 0) is 6.42 Å². The van der Waals surface area contributed by atoms with E-state index in [0.29, 0.717) is 5.92 Å². The third-order valence-electron chi connectivity index (χ3n) is 3.58. The molecule has 0 spiro atoms. The molecule has 0 fully saturated rings. The summed E-state index contributed by atoms with van der Waals surface area (Å²) in [5.41, 5.74) is 3.89. The molecule has 2 rings (SSSR count). The fourth-order valence-electron chi connectivity index (χ4n) is 2.57. The predicted molar refractivity (Wildman–Crippen MR) is 69.7 cm³/mol. The van der Waals surface area contributed by atoms with E-state index in [1.807, 2.05) is 6.92 Å². The lowest BCUT2D eigenvalue weighted by atomic mass is 9.90. The number of aliphatic hydroxyl groups is 1.